The Hall–Kier alpha value is -2.02. The van der Waals surface area contributed by atoms with Crippen LogP contribution in [-0.2, 0) is 11.8 Å². The molecule has 1 heterocycles. The summed E-state index contributed by atoms with van der Waals surface area (Å²) in [5.41, 5.74) is 7.51. The first-order chi connectivity index (χ1) is 11.1. The molecule has 0 saturated heterocycles. The molecule has 1 amide bonds. The van der Waals surface area contributed by atoms with Gasteiger partial charge in [0.25, 0.3) is 0 Å². The van der Waals surface area contributed by atoms with Crippen LogP contribution < -0.4 is 11.1 Å². The standard InChI is InChI=1S/C16H21N5OS/c1-21-15(12-8-4-5-9-13(12)17)19-20-16(21)23-10-14(22)18-11-6-2-3-7-11/h4-5,8-9,11H,2-3,6-7,10,17H2,1H3,(H,18,22). The summed E-state index contributed by atoms with van der Waals surface area (Å²) in [5, 5.41) is 12.2. The van der Waals surface area contributed by atoms with Crippen LogP contribution in [0.4, 0.5) is 5.69 Å². The minimum absolute atomic E-state index is 0.0608. The zero-order valence-corrected chi connectivity index (χ0v) is 14.0. The van der Waals surface area contributed by atoms with Crippen LogP contribution in [0, 0.1) is 0 Å². The fourth-order valence-corrected chi connectivity index (χ4v) is 3.57. The second-order valence-electron chi connectivity index (χ2n) is 5.79. The van der Waals surface area contributed by atoms with Crippen molar-refractivity contribution in [3.8, 4) is 11.4 Å². The van der Waals surface area contributed by atoms with Gasteiger partial charge in [0.1, 0.15) is 0 Å². The van der Waals surface area contributed by atoms with Gasteiger partial charge in [-0.3, -0.25) is 4.79 Å². The first kappa shape index (κ1) is 15.9. The van der Waals surface area contributed by atoms with Gasteiger partial charge in [-0.1, -0.05) is 36.7 Å². The minimum Gasteiger partial charge on any atom is -0.398 e. The highest BCUT2D eigenvalue weighted by atomic mass is 32.2. The average Bonchev–Trinajstić information content (AvgIpc) is 3.16. The number of thioether (sulfide) groups is 1. The predicted octanol–water partition coefficient (Wildman–Crippen LogP) is 2.22. The molecule has 0 atom stereocenters. The SMILES string of the molecule is Cn1c(SCC(=O)NC2CCCC2)nnc1-c1ccccc1N. The summed E-state index contributed by atoms with van der Waals surface area (Å²) >= 11 is 1.40. The summed E-state index contributed by atoms with van der Waals surface area (Å²) in [4.78, 5) is 12.0. The van der Waals surface area contributed by atoms with Crippen LogP contribution in [0.2, 0.25) is 0 Å². The number of carbonyl (C=O) groups excluding carboxylic acids is 1. The first-order valence-electron chi connectivity index (χ1n) is 7.81. The van der Waals surface area contributed by atoms with Crippen molar-refractivity contribution in [3.63, 3.8) is 0 Å². The van der Waals surface area contributed by atoms with Crippen LogP contribution in [0.5, 0.6) is 0 Å². The lowest BCUT2D eigenvalue weighted by Crippen LogP contribution is -2.33. The van der Waals surface area contributed by atoms with Crippen molar-refractivity contribution >= 4 is 23.4 Å². The van der Waals surface area contributed by atoms with Gasteiger partial charge in [0.05, 0.1) is 5.75 Å². The summed E-state index contributed by atoms with van der Waals surface area (Å²) < 4.78 is 1.87. The van der Waals surface area contributed by atoms with E-state index in [1.807, 2.05) is 35.9 Å². The van der Waals surface area contributed by atoms with E-state index in [0.717, 1.165) is 18.4 Å². The van der Waals surface area contributed by atoms with Gasteiger partial charge >= 0.3 is 0 Å². The number of hydrogen-bond acceptors (Lipinski definition) is 5. The van der Waals surface area contributed by atoms with E-state index in [1.54, 1.807) is 0 Å². The molecule has 1 aliphatic carbocycles. The number of carbonyl (C=O) groups is 1. The lowest BCUT2D eigenvalue weighted by atomic mass is 10.2. The smallest absolute Gasteiger partial charge is 0.230 e. The van der Waals surface area contributed by atoms with Crippen LogP contribution in [0.25, 0.3) is 11.4 Å². The van der Waals surface area contributed by atoms with Gasteiger partial charge in [0.15, 0.2) is 11.0 Å². The van der Waals surface area contributed by atoms with Gasteiger partial charge in [-0.05, 0) is 25.0 Å². The van der Waals surface area contributed by atoms with Gasteiger partial charge < -0.3 is 15.6 Å². The minimum atomic E-state index is 0.0608. The molecule has 0 radical (unpaired) electrons. The zero-order chi connectivity index (χ0) is 16.2. The number of nitrogens with zero attached hydrogens (tertiary/aromatic N) is 3. The van der Waals surface area contributed by atoms with Crippen LogP contribution in [0.1, 0.15) is 25.7 Å². The second kappa shape index (κ2) is 7.04. The third-order valence-electron chi connectivity index (χ3n) is 4.09. The van der Waals surface area contributed by atoms with E-state index in [0.29, 0.717) is 28.5 Å². The molecule has 0 bridgehead atoms. The number of anilines is 1. The molecule has 122 valence electrons. The van der Waals surface area contributed by atoms with Crippen molar-refractivity contribution in [1.29, 1.82) is 0 Å². The summed E-state index contributed by atoms with van der Waals surface area (Å²) in [6.07, 6.45) is 4.61. The van der Waals surface area contributed by atoms with Crippen molar-refractivity contribution in [2.24, 2.45) is 7.05 Å². The highest BCUT2D eigenvalue weighted by Crippen LogP contribution is 2.26. The van der Waals surface area contributed by atoms with Crippen LogP contribution in [-0.4, -0.2) is 32.5 Å². The van der Waals surface area contributed by atoms with Gasteiger partial charge in [-0.15, -0.1) is 10.2 Å². The number of nitrogens with two attached hydrogens (primary N) is 1. The number of amides is 1. The van der Waals surface area contributed by atoms with Crippen molar-refractivity contribution < 1.29 is 4.79 Å². The molecule has 1 aromatic heterocycles. The lowest BCUT2D eigenvalue weighted by Gasteiger charge is -2.11. The molecule has 1 fully saturated rings. The average molecular weight is 331 g/mol. The molecule has 7 heteroatoms. The Balaban J connectivity index is 1.63. The Kier molecular flexibility index (Phi) is 4.85. The molecule has 0 spiro atoms. The Morgan fingerprint density at radius 3 is 2.83 bits per heavy atom. The van der Waals surface area contributed by atoms with Crippen molar-refractivity contribution in [2.45, 2.75) is 36.9 Å². The number of aromatic nitrogens is 3. The maximum Gasteiger partial charge on any atom is 0.230 e. The number of rotatable bonds is 5. The van der Waals surface area contributed by atoms with Crippen molar-refractivity contribution in [3.05, 3.63) is 24.3 Å². The molecule has 6 nitrogen and oxygen atoms in total. The van der Waals surface area contributed by atoms with Crippen molar-refractivity contribution in [1.82, 2.24) is 20.1 Å². The fourth-order valence-electron chi connectivity index (χ4n) is 2.85. The highest BCUT2D eigenvalue weighted by molar-refractivity contribution is 7.99. The zero-order valence-electron chi connectivity index (χ0n) is 13.2. The molecular weight excluding hydrogens is 310 g/mol. The van der Waals surface area contributed by atoms with Gasteiger partial charge in [-0.25, -0.2) is 0 Å². The molecule has 1 aromatic carbocycles. The van der Waals surface area contributed by atoms with E-state index in [2.05, 4.69) is 15.5 Å². The molecule has 1 saturated carbocycles. The van der Waals surface area contributed by atoms with Crippen molar-refractivity contribution in [2.75, 3.05) is 11.5 Å². The second-order valence-corrected chi connectivity index (χ2v) is 6.73. The van der Waals surface area contributed by atoms with E-state index < -0.39 is 0 Å². The quantitative estimate of drug-likeness (QED) is 0.648. The molecule has 0 aliphatic heterocycles. The summed E-state index contributed by atoms with van der Waals surface area (Å²) in [7, 11) is 1.89. The van der Waals surface area contributed by atoms with Crippen LogP contribution in [0.15, 0.2) is 29.4 Å². The van der Waals surface area contributed by atoms with Crippen LogP contribution >= 0.6 is 11.8 Å². The maximum atomic E-state index is 12.0. The van der Waals surface area contributed by atoms with Gasteiger partial charge in [0.2, 0.25) is 5.91 Å². The number of nitrogen functional groups attached to an aromatic ring is 1. The predicted molar refractivity (Wildman–Crippen MR) is 92.0 cm³/mol. The third-order valence-corrected chi connectivity index (χ3v) is 5.11. The monoisotopic (exact) mass is 331 g/mol. The molecular formula is C16H21N5OS. The van der Waals surface area contributed by atoms with E-state index in [4.69, 9.17) is 5.73 Å². The Bertz CT molecular complexity index is 694. The molecule has 23 heavy (non-hydrogen) atoms. The Morgan fingerprint density at radius 1 is 1.35 bits per heavy atom. The van der Waals surface area contributed by atoms with Gasteiger partial charge in [-0.2, -0.15) is 0 Å². The largest absolute Gasteiger partial charge is 0.398 e. The lowest BCUT2D eigenvalue weighted by molar-refractivity contribution is -0.119. The molecule has 0 unspecified atom stereocenters. The maximum absolute atomic E-state index is 12.0. The number of nitrogens with one attached hydrogen (secondary N) is 1. The number of hydrogen-bond donors (Lipinski definition) is 2. The van der Waals surface area contributed by atoms with Gasteiger partial charge in [0, 0.05) is 24.3 Å². The van der Waals surface area contributed by atoms with E-state index in [1.165, 1.54) is 24.6 Å². The molecule has 2 aromatic rings. The summed E-state index contributed by atoms with van der Waals surface area (Å²) in [5.74, 6) is 1.12. The highest BCUT2D eigenvalue weighted by Gasteiger charge is 2.18. The Labute approximate surface area is 139 Å². The first-order valence-corrected chi connectivity index (χ1v) is 8.80. The van der Waals surface area contributed by atoms with E-state index in [-0.39, 0.29) is 5.91 Å². The molecule has 3 N–H and O–H groups in total. The summed E-state index contributed by atoms with van der Waals surface area (Å²) in [6.45, 7) is 0. The number of para-hydroxylation sites is 1. The Morgan fingerprint density at radius 2 is 2.09 bits per heavy atom. The molecule has 3 rings (SSSR count). The third kappa shape index (κ3) is 3.67. The molecule has 1 aliphatic rings. The normalized spacial score (nSPS) is 15.0. The van der Waals surface area contributed by atoms with E-state index >= 15 is 0 Å². The summed E-state index contributed by atoms with van der Waals surface area (Å²) in [6, 6.07) is 7.91. The topological polar surface area (TPSA) is 85.8 Å². The van der Waals surface area contributed by atoms with Crippen LogP contribution in [0.3, 0.4) is 0 Å². The number of benzene rings is 1. The van der Waals surface area contributed by atoms with E-state index in [9.17, 15) is 4.79 Å². The fraction of sp³-hybridized carbons (Fsp3) is 0.438.